The van der Waals surface area contributed by atoms with Crippen LogP contribution in [0.15, 0.2) is 18.2 Å². The molecular weight excluding hydrogens is 246 g/mol. The van der Waals surface area contributed by atoms with Crippen LogP contribution in [0.25, 0.3) is 0 Å². The van der Waals surface area contributed by atoms with Crippen molar-refractivity contribution < 1.29 is 17.6 Å². The van der Waals surface area contributed by atoms with Crippen molar-refractivity contribution in [2.24, 2.45) is 5.73 Å². The highest BCUT2D eigenvalue weighted by atomic mass is 19.4. The second kappa shape index (κ2) is 6.18. The second-order valence-corrected chi connectivity index (χ2v) is 4.40. The first-order valence-corrected chi connectivity index (χ1v) is 5.95. The molecule has 1 aromatic carbocycles. The standard InChI is InChI=1S/C13H17F4N/c1-2-3-10(18)6-4-9-5-7-12(14)11(8-9)13(15,16)17/h5,7-8,10H,2-4,6,18H2,1H3. The van der Waals surface area contributed by atoms with E-state index in [4.69, 9.17) is 5.73 Å². The zero-order valence-corrected chi connectivity index (χ0v) is 10.2. The molecule has 0 heterocycles. The molecule has 18 heavy (non-hydrogen) atoms. The predicted molar refractivity (Wildman–Crippen MR) is 62.6 cm³/mol. The van der Waals surface area contributed by atoms with Gasteiger partial charge in [-0.25, -0.2) is 4.39 Å². The molecule has 0 radical (unpaired) electrons. The molecule has 102 valence electrons. The van der Waals surface area contributed by atoms with Crippen LogP contribution < -0.4 is 5.73 Å². The van der Waals surface area contributed by atoms with Crippen molar-refractivity contribution in [2.75, 3.05) is 0 Å². The summed E-state index contributed by atoms with van der Waals surface area (Å²) in [6, 6.07) is 3.09. The van der Waals surface area contributed by atoms with Crippen molar-refractivity contribution in [1.29, 1.82) is 0 Å². The van der Waals surface area contributed by atoms with Gasteiger partial charge in [0.05, 0.1) is 5.56 Å². The lowest BCUT2D eigenvalue weighted by atomic mass is 10.0. The van der Waals surface area contributed by atoms with E-state index in [-0.39, 0.29) is 6.04 Å². The van der Waals surface area contributed by atoms with E-state index in [1.165, 1.54) is 6.07 Å². The molecule has 0 spiro atoms. The van der Waals surface area contributed by atoms with Gasteiger partial charge in [0.15, 0.2) is 0 Å². The minimum atomic E-state index is -4.65. The van der Waals surface area contributed by atoms with E-state index in [9.17, 15) is 17.6 Å². The first kappa shape index (κ1) is 15.0. The molecule has 0 aliphatic heterocycles. The number of hydrogen-bond donors (Lipinski definition) is 1. The summed E-state index contributed by atoms with van der Waals surface area (Å²) >= 11 is 0. The quantitative estimate of drug-likeness (QED) is 0.801. The molecule has 0 aliphatic rings. The molecule has 0 bridgehead atoms. The topological polar surface area (TPSA) is 26.0 Å². The van der Waals surface area contributed by atoms with Crippen molar-refractivity contribution in [3.8, 4) is 0 Å². The fourth-order valence-electron chi connectivity index (χ4n) is 1.81. The second-order valence-electron chi connectivity index (χ2n) is 4.40. The molecule has 1 nitrogen and oxygen atoms in total. The molecule has 0 saturated heterocycles. The van der Waals surface area contributed by atoms with Gasteiger partial charge < -0.3 is 5.73 Å². The lowest BCUT2D eigenvalue weighted by Crippen LogP contribution is -2.20. The molecule has 0 fully saturated rings. The Labute approximate surface area is 104 Å². The summed E-state index contributed by atoms with van der Waals surface area (Å²) in [6.07, 6.45) is -1.82. The van der Waals surface area contributed by atoms with Crippen LogP contribution in [-0.2, 0) is 12.6 Å². The Bertz CT molecular complexity index is 387. The fraction of sp³-hybridized carbons (Fsp3) is 0.538. The van der Waals surface area contributed by atoms with E-state index in [1.54, 1.807) is 0 Å². The van der Waals surface area contributed by atoms with Gasteiger partial charge in [-0.3, -0.25) is 0 Å². The normalized spacial score (nSPS) is 13.7. The Balaban J connectivity index is 2.74. The third-order valence-electron chi connectivity index (χ3n) is 2.80. The van der Waals surface area contributed by atoms with Gasteiger partial charge in [-0.05, 0) is 37.0 Å². The molecule has 1 rings (SSSR count). The molecule has 0 aliphatic carbocycles. The average molecular weight is 263 g/mol. The number of halogens is 4. The van der Waals surface area contributed by atoms with Crippen molar-refractivity contribution in [1.82, 2.24) is 0 Å². The van der Waals surface area contributed by atoms with Crippen LogP contribution in [0.5, 0.6) is 0 Å². The van der Waals surface area contributed by atoms with Gasteiger partial charge in [0.25, 0.3) is 0 Å². The van der Waals surface area contributed by atoms with E-state index in [2.05, 4.69) is 0 Å². The third-order valence-corrected chi connectivity index (χ3v) is 2.80. The number of nitrogens with two attached hydrogens (primary N) is 1. The molecule has 0 aromatic heterocycles. The highest BCUT2D eigenvalue weighted by molar-refractivity contribution is 5.27. The molecule has 0 amide bonds. The fourth-order valence-corrected chi connectivity index (χ4v) is 1.81. The summed E-state index contributed by atoms with van der Waals surface area (Å²) in [5, 5.41) is 0. The van der Waals surface area contributed by atoms with Crippen LogP contribution in [0, 0.1) is 5.82 Å². The third kappa shape index (κ3) is 4.29. The Hall–Kier alpha value is -1.10. The lowest BCUT2D eigenvalue weighted by molar-refractivity contribution is -0.140. The smallest absolute Gasteiger partial charge is 0.328 e. The maximum absolute atomic E-state index is 13.0. The lowest BCUT2D eigenvalue weighted by Gasteiger charge is -2.12. The van der Waals surface area contributed by atoms with Gasteiger partial charge in [-0.15, -0.1) is 0 Å². The summed E-state index contributed by atoms with van der Waals surface area (Å²) in [6.45, 7) is 2.00. The maximum atomic E-state index is 13.0. The van der Waals surface area contributed by atoms with Crippen molar-refractivity contribution >= 4 is 0 Å². The number of aryl methyl sites for hydroxylation is 1. The van der Waals surface area contributed by atoms with Crippen LogP contribution in [0.2, 0.25) is 0 Å². The van der Waals surface area contributed by atoms with Gasteiger partial charge >= 0.3 is 6.18 Å². The highest BCUT2D eigenvalue weighted by Crippen LogP contribution is 2.32. The first-order chi connectivity index (χ1) is 8.34. The zero-order chi connectivity index (χ0) is 13.8. The highest BCUT2D eigenvalue weighted by Gasteiger charge is 2.34. The average Bonchev–Trinajstić information content (AvgIpc) is 2.27. The van der Waals surface area contributed by atoms with Crippen molar-refractivity contribution in [2.45, 2.75) is 44.8 Å². The minimum Gasteiger partial charge on any atom is -0.328 e. The van der Waals surface area contributed by atoms with Gasteiger partial charge in [-0.2, -0.15) is 13.2 Å². The summed E-state index contributed by atoms with van der Waals surface area (Å²) < 4.78 is 50.5. The van der Waals surface area contributed by atoms with Gasteiger partial charge in [0, 0.05) is 6.04 Å². The number of alkyl halides is 3. The Kier molecular flexibility index (Phi) is 5.14. The Morgan fingerprint density at radius 1 is 1.22 bits per heavy atom. The summed E-state index contributed by atoms with van der Waals surface area (Å²) in [5.74, 6) is -1.23. The summed E-state index contributed by atoms with van der Waals surface area (Å²) in [5.41, 5.74) is 5.05. The largest absolute Gasteiger partial charge is 0.419 e. The van der Waals surface area contributed by atoms with E-state index in [0.717, 1.165) is 25.0 Å². The molecule has 1 atom stereocenters. The van der Waals surface area contributed by atoms with Gasteiger partial charge in [0.1, 0.15) is 5.82 Å². The van der Waals surface area contributed by atoms with E-state index >= 15 is 0 Å². The van der Waals surface area contributed by atoms with E-state index in [1.807, 2.05) is 6.92 Å². The van der Waals surface area contributed by atoms with Crippen LogP contribution in [-0.4, -0.2) is 6.04 Å². The molecule has 0 saturated carbocycles. The molecule has 1 aromatic rings. The van der Waals surface area contributed by atoms with Crippen LogP contribution in [0.1, 0.15) is 37.3 Å². The summed E-state index contributed by atoms with van der Waals surface area (Å²) in [7, 11) is 0. The van der Waals surface area contributed by atoms with E-state index in [0.29, 0.717) is 18.4 Å². The van der Waals surface area contributed by atoms with Crippen LogP contribution in [0.3, 0.4) is 0 Å². The minimum absolute atomic E-state index is 0.0191. The van der Waals surface area contributed by atoms with Crippen LogP contribution in [0.4, 0.5) is 17.6 Å². The Morgan fingerprint density at radius 2 is 1.89 bits per heavy atom. The predicted octanol–water partition coefficient (Wildman–Crippen LogP) is 3.90. The Morgan fingerprint density at radius 3 is 2.44 bits per heavy atom. The number of hydrogen-bond acceptors (Lipinski definition) is 1. The van der Waals surface area contributed by atoms with Gasteiger partial charge in [0.2, 0.25) is 0 Å². The molecule has 2 N–H and O–H groups in total. The zero-order valence-electron chi connectivity index (χ0n) is 10.2. The maximum Gasteiger partial charge on any atom is 0.419 e. The SMILES string of the molecule is CCCC(N)CCc1ccc(F)c(C(F)(F)F)c1. The monoisotopic (exact) mass is 263 g/mol. The number of benzene rings is 1. The molecule has 1 unspecified atom stereocenters. The van der Waals surface area contributed by atoms with Crippen molar-refractivity contribution in [3.05, 3.63) is 35.1 Å². The van der Waals surface area contributed by atoms with Gasteiger partial charge in [-0.1, -0.05) is 19.4 Å². The van der Waals surface area contributed by atoms with E-state index < -0.39 is 17.6 Å². The number of rotatable bonds is 5. The van der Waals surface area contributed by atoms with Crippen LogP contribution >= 0.6 is 0 Å². The summed E-state index contributed by atoms with van der Waals surface area (Å²) in [4.78, 5) is 0. The first-order valence-electron chi connectivity index (χ1n) is 5.95. The van der Waals surface area contributed by atoms with Crippen molar-refractivity contribution in [3.63, 3.8) is 0 Å². The molecule has 5 heteroatoms. The molecular formula is C13H17F4N.